The van der Waals surface area contributed by atoms with E-state index in [1.54, 1.807) is 6.07 Å². The van der Waals surface area contributed by atoms with E-state index in [0.29, 0.717) is 48.0 Å². The minimum absolute atomic E-state index is 0.0132. The highest BCUT2D eigenvalue weighted by molar-refractivity contribution is 5.79. The smallest absolute Gasteiger partial charge is 0.306 e. The highest BCUT2D eigenvalue weighted by Crippen LogP contribution is 2.40. The van der Waals surface area contributed by atoms with Crippen LogP contribution in [0, 0.1) is 5.92 Å². The summed E-state index contributed by atoms with van der Waals surface area (Å²) < 4.78 is 6.07. The minimum atomic E-state index is -0.754. The molecule has 5 heteroatoms. The van der Waals surface area contributed by atoms with Crippen molar-refractivity contribution in [3.8, 4) is 5.75 Å². The maximum atomic E-state index is 13.2. The summed E-state index contributed by atoms with van der Waals surface area (Å²) in [6.45, 7) is 5.98. The van der Waals surface area contributed by atoms with Gasteiger partial charge in [-0.05, 0) is 43.7 Å². The van der Waals surface area contributed by atoms with Gasteiger partial charge in [0.25, 0.3) is 0 Å². The molecule has 0 unspecified atom stereocenters. The summed E-state index contributed by atoms with van der Waals surface area (Å²) in [5.74, 6) is -0.367. The Morgan fingerprint density at radius 1 is 1.16 bits per heavy atom. The highest BCUT2D eigenvalue weighted by Gasteiger charge is 2.33. The van der Waals surface area contributed by atoms with E-state index < -0.39 is 5.97 Å². The van der Waals surface area contributed by atoms with E-state index >= 15 is 0 Å². The second-order valence-corrected chi connectivity index (χ2v) is 7.99. The van der Waals surface area contributed by atoms with Gasteiger partial charge in [0.15, 0.2) is 5.43 Å². The number of aromatic hydroxyl groups is 1. The fourth-order valence-corrected chi connectivity index (χ4v) is 3.75. The van der Waals surface area contributed by atoms with E-state index in [2.05, 4.69) is 0 Å². The first kappa shape index (κ1) is 17.5. The van der Waals surface area contributed by atoms with Gasteiger partial charge in [-0.3, -0.25) is 9.59 Å². The molecule has 1 fully saturated rings. The van der Waals surface area contributed by atoms with Gasteiger partial charge in [0, 0.05) is 17.0 Å². The molecule has 1 aliphatic rings. The van der Waals surface area contributed by atoms with Crippen LogP contribution in [0.2, 0.25) is 0 Å². The van der Waals surface area contributed by atoms with Gasteiger partial charge in [0.05, 0.1) is 11.3 Å². The number of hydrogen-bond donors (Lipinski definition) is 2. The molecule has 0 atom stereocenters. The summed E-state index contributed by atoms with van der Waals surface area (Å²) in [5.41, 5.74) is 0.634. The molecule has 0 bridgehead atoms. The zero-order valence-electron chi connectivity index (χ0n) is 14.8. The lowest BCUT2D eigenvalue weighted by Crippen LogP contribution is -2.27. The highest BCUT2D eigenvalue weighted by atomic mass is 16.4. The molecule has 1 aromatic heterocycles. The van der Waals surface area contributed by atoms with Crippen LogP contribution in [0.3, 0.4) is 0 Å². The monoisotopic (exact) mass is 344 g/mol. The Hall–Kier alpha value is -2.30. The van der Waals surface area contributed by atoms with Crippen LogP contribution < -0.4 is 5.43 Å². The van der Waals surface area contributed by atoms with E-state index in [-0.39, 0.29) is 28.4 Å². The number of fused-ring (bicyclic) bond motifs is 1. The van der Waals surface area contributed by atoms with E-state index in [4.69, 9.17) is 4.42 Å². The number of phenols is 1. The zero-order valence-corrected chi connectivity index (χ0v) is 14.8. The summed E-state index contributed by atoms with van der Waals surface area (Å²) in [4.78, 5) is 24.4. The predicted octanol–water partition coefficient (Wildman–Crippen LogP) is 4.15. The molecule has 1 heterocycles. The van der Waals surface area contributed by atoms with Crippen molar-refractivity contribution in [1.82, 2.24) is 0 Å². The van der Waals surface area contributed by atoms with Crippen molar-refractivity contribution in [2.24, 2.45) is 5.92 Å². The third kappa shape index (κ3) is 3.28. The second-order valence-electron chi connectivity index (χ2n) is 7.99. The van der Waals surface area contributed by atoms with E-state index in [1.807, 2.05) is 20.8 Å². The van der Waals surface area contributed by atoms with Crippen LogP contribution in [0.4, 0.5) is 0 Å². The Morgan fingerprint density at radius 3 is 2.36 bits per heavy atom. The van der Waals surface area contributed by atoms with Crippen LogP contribution in [-0.2, 0) is 10.2 Å². The van der Waals surface area contributed by atoms with Crippen molar-refractivity contribution in [1.29, 1.82) is 0 Å². The van der Waals surface area contributed by atoms with Crippen molar-refractivity contribution < 1.29 is 19.4 Å². The SMILES string of the molecule is CC(C)(C)c1oc2cc(O)ccc2c(=O)c1C1CCC(C(=O)O)CC1. The minimum Gasteiger partial charge on any atom is -0.508 e. The molecule has 0 amide bonds. The van der Waals surface area contributed by atoms with Gasteiger partial charge in [0.2, 0.25) is 0 Å². The van der Waals surface area contributed by atoms with Crippen molar-refractivity contribution in [3.63, 3.8) is 0 Å². The van der Waals surface area contributed by atoms with Crippen molar-refractivity contribution in [2.75, 3.05) is 0 Å². The first-order valence-electron chi connectivity index (χ1n) is 8.71. The molecule has 0 radical (unpaired) electrons. The number of carboxylic acids is 1. The molecule has 134 valence electrons. The third-order valence-electron chi connectivity index (χ3n) is 5.08. The molecule has 0 saturated heterocycles. The number of carbonyl (C=O) groups is 1. The van der Waals surface area contributed by atoms with Gasteiger partial charge >= 0.3 is 5.97 Å². The van der Waals surface area contributed by atoms with Crippen LogP contribution >= 0.6 is 0 Å². The summed E-state index contributed by atoms with van der Waals surface area (Å²) in [6, 6.07) is 4.55. The topological polar surface area (TPSA) is 87.7 Å². The number of carboxylic acid groups (broad SMARTS) is 1. The van der Waals surface area contributed by atoms with Crippen LogP contribution in [0.15, 0.2) is 27.4 Å². The molecule has 1 saturated carbocycles. The maximum absolute atomic E-state index is 13.2. The first-order valence-corrected chi connectivity index (χ1v) is 8.71. The Balaban J connectivity index is 2.13. The van der Waals surface area contributed by atoms with Crippen LogP contribution in [0.1, 0.15) is 63.7 Å². The van der Waals surface area contributed by atoms with Gasteiger partial charge in [0.1, 0.15) is 17.1 Å². The number of benzene rings is 1. The van der Waals surface area contributed by atoms with Gasteiger partial charge in [-0.1, -0.05) is 20.8 Å². The van der Waals surface area contributed by atoms with Gasteiger partial charge in [-0.2, -0.15) is 0 Å². The zero-order chi connectivity index (χ0) is 18.4. The Bertz CT molecular complexity index is 864. The number of aliphatic carboxylic acids is 1. The van der Waals surface area contributed by atoms with Crippen molar-refractivity contribution in [3.05, 3.63) is 39.7 Å². The molecular formula is C20H24O5. The molecule has 2 N–H and O–H groups in total. The Labute approximate surface area is 146 Å². The van der Waals surface area contributed by atoms with Gasteiger partial charge in [-0.15, -0.1) is 0 Å². The molecule has 1 aliphatic carbocycles. The largest absolute Gasteiger partial charge is 0.508 e. The van der Waals surface area contributed by atoms with Crippen LogP contribution in [-0.4, -0.2) is 16.2 Å². The second kappa shape index (κ2) is 6.21. The van der Waals surface area contributed by atoms with E-state index in [9.17, 15) is 19.8 Å². The van der Waals surface area contributed by atoms with Crippen LogP contribution in [0.5, 0.6) is 5.75 Å². The number of phenolic OH excluding ortho intramolecular Hbond substituents is 1. The van der Waals surface area contributed by atoms with Crippen molar-refractivity contribution >= 4 is 16.9 Å². The first-order chi connectivity index (χ1) is 11.7. The Kier molecular flexibility index (Phi) is 4.35. The molecule has 1 aromatic carbocycles. The van der Waals surface area contributed by atoms with Gasteiger partial charge in [-0.25, -0.2) is 0 Å². The molecular weight excluding hydrogens is 320 g/mol. The molecule has 0 aliphatic heterocycles. The lowest BCUT2D eigenvalue weighted by atomic mass is 9.75. The van der Waals surface area contributed by atoms with E-state index in [1.165, 1.54) is 12.1 Å². The predicted molar refractivity (Wildman–Crippen MR) is 95.2 cm³/mol. The summed E-state index contributed by atoms with van der Waals surface area (Å²) >= 11 is 0. The standard InChI is InChI=1S/C20H24O5/c1-20(2,3)18-16(11-4-6-12(7-5-11)19(23)24)17(22)14-9-8-13(21)10-15(14)25-18/h8-12,21H,4-7H2,1-3H3,(H,23,24). The lowest BCUT2D eigenvalue weighted by molar-refractivity contribution is -0.142. The van der Waals surface area contributed by atoms with E-state index in [0.717, 1.165) is 0 Å². The molecule has 3 rings (SSSR count). The maximum Gasteiger partial charge on any atom is 0.306 e. The molecule has 0 spiro atoms. The third-order valence-corrected chi connectivity index (χ3v) is 5.08. The molecule has 5 nitrogen and oxygen atoms in total. The molecule has 25 heavy (non-hydrogen) atoms. The average Bonchev–Trinajstić information content (AvgIpc) is 2.53. The summed E-state index contributed by atoms with van der Waals surface area (Å²) in [7, 11) is 0. The average molecular weight is 344 g/mol. The van der Waals surface area contributed by atoms with Crippen LogP contribution in [0.25, 0.3) is 11.0 Å². The normalized spacial score (nSPS) is 21.4. The quantitative estimate of drug-likeness (QED) is 0.854. The fourth-order valence-electron chi connectivity index (χ4n) is 3.75. The number of rotatable bonds is 2. The Morgan fingerprint density at radius 2 is 1.80 bits per heavy atom. The fraction of sp³-hybridized carbons (Fsp3) is 0.500. The summed E-state index contributed by atoms with van der Waals surface area (Å²) in [5, 5.41) is 19.4. The molecule has 2 aromatic rings. The van der Waals surface area contributed by atoms with Crippen molar-refractivity contribution in [2.45, 2.75) is 57.8 Å². The van der Waals surface area contributed by atoms with Gasteiger partial charge < -0.3 is 14.6 Å². The summed E-state index contributed by atoms with van der Waals surface area (Å²) in [6.07, 6.45) is 2.51. The number of hydrogen-bond acceptors (Lipinski definition) is 4. The lowest BCUT2D eigenvalue weighted by Gasteiger charge is -2.30.